The van der Waals surface area contributed by atoms with E-state index in [9.17, 15) is 29.1 Å². The zero-order valence-corrected chi connectivity index (χ0v) is 38.0. The van der Waals surface area contributed by atoms with Crippen molar-refractivity contribution in [3.8, 4) is 5.75 Å². The molecular formula is C43H55Br2N9O7. The lowest BCUT2D eigenvalue weighted by atomic mass is 10.0. The van der Waals surface area contributed by atoms with Crippen LogP contribution in [0, 0.1) is 0 Å². The number of hydrogen-bond acceptors (Lipinski definition) is 9. The van der Waals surface area contributed by atoms with Crippen molar-refractivity contribution >= 4 is 73.2 Å². The predicted molar refractivity (Wildman–Crippen MR) is 238 cm³/mol. The van der Waals surface area contributed by atoms with Crippen molar-refractivity contribution in [3.63, 3.8) is 0 Å². The molecule has 2 atom stereocenters. The van der Waals surface area contributed by atoms with Crippen LogP contribution in [0.2, 0.25) is 0 Å². The van der Waals surface area contributed by atoms with Crippen LogP contribution in [0.25, 0.3) is 0 Å². The Balaban J connectivity index is 1.13. The number of rotatable bonds is 13. The molecule has 61 heavy (non-hydrogen) atoms. The highest BCUT2D eigenvalue weighted by atomic mass is 79.9. The summed E-state index contributed by atoms with van der Waals surface area (Å²) in [5.74, 6) is -0.763. The number of nitrogens with zero attached hydrogens (tertiary/aromatic N) is 5. The maximum absolute atomic E-state index is 14.4. The number of anilines is 2. The van der Waals surface area contributed by atoms with Gasteiger partial charge in [-0.1, -0.05) is 18.2 Å². The van der Waals surface area contributed by atoms with Gasteiger partial charge in [0, 0.05) is 88.6 Å². The molecular weight excluding hydrogens is 914 g/mol. The number of urea groups is 2. The average Bonchev–Trinajstić information content (AvgIpc) is 3.24. The molecule has 6 rings (SSSR count). The topological polar surface area (TPSA) is 189 Å². The highest BCUT2D eigenvalue weighted by Gasteiger charge is 2.35. The number of hydrogen-bond donors (Lipinski definition) is 5. The van der Waals surface area contributed by atoms with E-state index in [2.05, 4.69) is 63.0 Å². The number of amides is 7. The number of piperidine rings is 1. The number of phenols is 1. The minimum absolute atomic E-state index is 0.00150. The molecule has 3 aliphatic rings. The molecule has 0 spiro atoms. The molecule has 16 nitrogen and oxygen atoms in total. The number of alkyl carbamates (subject to hydrolysis) is 1. The quantitative estimate of drug-likeness (QED) is 0.129. The minimum Gasteiger partial charge on any atom is -0.506 e. The number of phenolic OH excluding ortho intramolecular Hbond substituents is 1. The van der Waals surface area contributed by atoms with E-state index in [1.807, 2.05) is 41.3 Å². The van der Waals surface area contributed by atoms with Crippen LogP contribution in [0.3, 0.4) is 0 Å². The highest BCUT2D eigenvalue weighted by molar-refractivity contribution is 9.11. The summed E-state index contributed by atoms with van der Waals surface area (Å²) in [6, 6.07) is 12.3. The third-order valence-corrected chi connectivity index (χ3v) is 12.2. The van der Waals surface area contributed by atoms with Crippen molar-refractivity contribution in [1.82, 2.24) is 35.6 Å². The standard InChI is InChI=1S/C43H55Br2N9O7/c1-43(2,3)61-42(60)47-15-7-6-10-35(39(57)52-22-20-51(21-23-52)30-11-16-46-17-12-30)48-38(56)36(26-28-24-32(44)37(55)33(45)25-28)50-40(58)53-18-13-31(14-19-53)54-27-29-8-4-5-9-34(29)49-41(54)59/h4-5,8-9,11-12,16-17,24-25,31,35-36,55H,6-7,10,13-15,18-23,26-27H2,1-3H3,(H,47,60)(H,48,56)(H,49,59)(H,50,58)/t35-,36+/m0/s1. The number of fused-ring (bicyclic) bond motifs is 1. The second-order valence-corrected chi connectivity index (χ2v) is 18.3. The summed E-state index contributed by atoms with van der Waals surface area (Å²) in [7, 11) is 0. The lowest BCUT2D eigenvalue weighted by molar-refractivity contribution is -0.137. The average molecular weight is 970 g/mol. The van der Waals surface area contributed by atoms with Gasteiger partial charge in [-0.05, 0) is 126 Å². The van der Waals surface area contributed by atoms with Crippen molar-refractivity contribution in [3.05, 3.63) is 81.0 Å². The van der Waals surface area contributed by atoms with Crippen molar-refractivity contribution in [1.29, 1.82) is 0 Å². The van der Waals surface area contributed by atoms with Gasteiger partial charge in [-0.2, -0.15) is 0 Å². The van der Waals surface area contributed by atoms with Crippen LogP contribution in [-0.4, -0.2) is 124 Å². The molecule has 4 heterocycles. The Morgan fingerprint density at radius 3 is 2.25 bits per heavy atom. The third-order valence-electron chi connectivity index (χ3n) is 11.0. The number of para-hydroxylation sites is 1. The summed E-state index contributed by atoms with van der Waals surface area (Å²) in [4.78, 5) is 79.4. The Bertz CT molecular complexity index is 2010. The summed E-state index contributed by atoms with van der Waals surface area (Å²) in [6.07, 6.45) is 5.46. The van der Waals surface area contributed by atoms with Crippen LogP contribution in [0.1, 0.15) is 64.0 Å². The monoisotopic (exact) mass is 967 g/mol. The Morgan fingerprint density at radius 2 is 1.57 bits per heavy atom. The summed E-state index contributed by atoms with van der Waals surface area (Å²) in [6.45, 7) is 9.02. The first kappa shape index (κ1) is 45.4. The smallest absolute Gasteiger partial charge is 0.407 e. The molecule has 0 aliphatic carbocycles. The molecule has 7 amide bonds. The normalized spacial score (nSPS) is 16.8. The van der Waals surface area contributed by atoms with Gasteiger partial charge in [-0.3, -0.25) is 14.6 Å². The molecule has 3 aromatic rings. The first-order valence-electron chi connectivity index (χ1n) is 20.7. The second-order valence-electron chi connectivity index (χ2n) is 16.6. The summed E-state index contributed by atoms with van der Waals surface area (Å²) >= 11 is 6.75. The first-order chi connectivity index (χ1) is 29.1. The van der Waals surface area contributed by atoms with E-state index in [1.54, 1.807) is 55.1 Å². The van der Waals surface area contributed by atoms with Crippen molar-refractivity contribution in [2.24, 2.45) is 0 Å². The van der Waals surface area contributed by atoms with E-state index in [0.29, 0.717) is 99.0 Å². The number of nitrogens with one attached hydrogen (secondary N) is 4. The minimum atomic E-state index is -1.09. The van der Waals surface area contributed by atoms with Crippen LogP contribution >= 0.6 is 31.9 Å². The van der Waals surface area contributed by atoms with Gasteiger partial charge in [0.1, 0.15) is 23.4 Å². The number of aromatic nitrogens is 1. The maximum Gasteiger partial charge on any atom is 0.407 e. The van der Waals surface area contributed by atoms with Gasteiger partial charge in [0.05, 0.1) is 8.95 Å². The summed E-state index contributed by atoms with van der Waals surface area (Å²) < 4.78 is 6.17. The van der Waals surface area contributed by atoms with E-state index in [-0.39, 0.29) is 30.2 Å². The van der Waals surface area contributed by atoms with Crippen molar-refractivity contribution in [2.75, 3.05) is 56.0 Å². The van der Waals surface area contributed by atoms with Crippen molar-refractivity contribution < 1.29 is 33.8 Å². The molecule has 2 saturated heterocycles. The number of benzene rings is 2. The van der Waals surface area contributed by atoms with E-state index in [0.717, 1.165) is 16.9 Å². The fraction of sp³-hybridized carbons (Fsp3) is 0.488. The third kappa shape index (κ3) is 12.5. The Morgan fingerprint density at radius 1 is 0.902 bits per heavy atom. The number of pyridine rings is 1. The van der Waals surface area contributed by atoms with Crippen LogP contribution in [-0.2, 0) is 27.3 Å². The van der Waals surface area contributed by atoms with E-state index in [4.69, 9.17) is 4.74 Å². The molecule has 3 aliphatic heterocycles. The van der Waals surface area contributed by atoms with Gasteiger partial charge < -0.3 is 50.7 Å². The predicted octanol–water partition coefficient (Wildman–Crippen LogP) is 5.97. The molecule has 328 valence electrons. The molecule has 18 heteroatoms. The van der Waals surface area contributed by atoms with Gasteiger partial charge in [0.15, 0.2) is 0 Å². The molecule has 0 unspecified atom stereocenters. The van der Waals surface area contributed by atoms with Gasteiger partial charge in [0.25, 0.3) is 0 Å². The van der Waals surface area contributed by atoms with Crippen LogP contribution < -0.4 is 26.2 Å². The molecule has 0 bridgehead atoms. The van der Waals surface area contributed by atoms with Gasteiger partial charge in [-0.15, -0.1) is 0 Å². The lowest BCUT2D eigenvalue weighted by Crippen LogP contribution is -2.59. The molecule has 0 saturated carbocycles. The fourth-order valence-electron chi connectivity index (χ4n) is 7.79. The number of unbranched alkanes of at least 4 members (excludes halogenated alkanes) is 1. The number of aromatic hydroxyl groups is 1. The van der Waals surface area contributed by atoms with E-state index in [1.165, 1.54) is 0 Å². The highest BCUT2D eigenvalue weighted by Crippen LogP contribution is 2.34. The molecule has 2 fully saturated rings. The van der Waals surface area contributed by atoms with Gasteiger partial charge >= 0.3 is 18.2 Å². The molecule has 2 aromatic carbocycles. The van der Waals surface area contributed by atoms with E-state index >= 15 is 0 Å². The fourth-order valence-corrected chi connectivity index (χ4v) is 9.07. The number of carbonyl (C=O) groups excluding carboxylic acids is 5. The number of ether oxygens (including phenoxy) is 1. The Hall–Kier alpha value is -5.10. The van der Waals surface area contributed by atoms with Crippen LogP contribution in [0.15, 0.2) is 69.9 Å². The lowest BCUT2D eigenvalue weighted by Gasteiger charge is -2.40. The molecule has 5 N–H and O–H groups in total. The van der Waals surface area contributed by atoms with Gasteiger partial charge in [-0.25, -0.2) is 14.4 Å². The van der Waals surface area contributed by atoms with Crippen LogP contribution in [0.5, 0.6) is 5.75 Å². The Kier molecular flexibility index (Phi) is 15.4. The molecule has 1 aromatic heterocycles. The van der Waals surface area contributed by atoms with Crippen molar-refractivity contribution in [2.45, 2.75) is 89.6 Å². The summed E-state index contributed by atoms with van der Waals surface area (Å²) in [5.41, 5.74) is 2.86. The Labute approximate surface area is 373 Å². The summed E-state index contributed by atoms with van der Waals surface area (Å²) in [5, 5.41) is 22.1. The van der Waals surface area contributed by atoms with Gasteiger partial charge in [0.2, 0.25) is 11.8 Å². The SMILES string of the molecule is CC(C)(C)OC(=O)NCCCC[C@H](NC(=O)[C@@H](Cc1cc(Br)c(O)c(Br)c1)NC(=O)N1CCC(N2Cc3ccccc3NC2=O)CC1)C(=O)N1CCN(c2ccncc2)CC1. The maximum atomic E-state index is 14.4. The zero-order valence-electron chi connectivity index (χ0n) is 34.8. The second kappa shape index (κ2) is 20.6. The molecule has 0 radical (unpaired) electrons. The number of halogens is 2. The number of piperazine rings is 1. The number of likely N-dealkylation sites (tertiary alicyclic amines) is 1. The van der Waals surface area contributed by atoms with Crippen LogP contribution in [0.4, 0.5) is 25.8 Å². The first-order valence-corrected chi connectivity index (χ1v) is 22.3. The largest absolute Gasteiger partial charge is 0.506 e. The number of carbonyl (C=O) groups is 5. The van der Waals surface area contributed by atoms with E-state index < -0.39 is 35.7 Å². The zero-order chi connectivity index (χ0) is 43.7.